The lowest BCUT2D eigenvalue weighted by Crippen LogP contribution is -2.48. The van der Waals surface area contributed by atoms with E-state index in [4.69, 9.17) is 5.73 Å². The maximum atomic E-state index is 12.9. The number of primary amides is 1. The molecular weight excluding hydrogens is 370 g/mol. The van der Waals surface area contributed by atoms with Crippen LogP contribution in [0.15, 0.2) is 24.3 Å². The maximum absolute atomic E-state index is 12.9. The number of carbonyl (C=O) groups is 3. The zero-order valence-corrected chi connectivity index (χ0v) is 16.8. The fourth-order valence-corrected chi connectivity index (χ4v) is 4.54. The van der Waals surface area contributed by atoms with Crippen LogP contribution in [0.1, 0.15) is 25.7 Å². The number of likely N-dealkylation sites (tertiary alicyclic amines) is 1. The average molecular weight is 398 g/mol. The Labute approximate surface area is 171 Å². The van der Waals surface area contributed by atoms with Crippen molar-refractivity contribution >= 4 is 29.2 Å². The first-order chi connectivity index (χ1) is 14.0. The number of rotatable bonds is 5. The second-order valence-corrected chi connectivity index (χ2v) is 8.01. The number of benzene rings is 1. The molecule has 0 bridgehead atoms. The standard InChI is InChI=1S/C21H28N5O3/c1-23(18(27)14-24-11-4-5-12-24)15-7-9-16(10-8-15)26-19(20(22)28)17-6-2-3-13-25(17)21(26)29/h6-10,17,19H,2-5,11-14H2,1H3,(H2,22,28)/t17-,19?/m1/s1. The first-order valence-electron chi connectivity index (χ1n) is 10.3. The van der Waals surface area contributed by atoms with Crippen molar-refractivity contribution in [3.8, 4) is 0 Å². The quantitative estimate of drug-likeness (QED) is 0.807. The number of amides is 4. The highest BCUT2D eigenvalue weighted by molar-refractivity contribution is 6.04. The highest BCUT2D eigenvalue weighted by atomic mass is 16.2. The van der Waals surface area contributed by atoms with E-state index in [0.717, 1.165) is 44.5 Å². The fourth-order valence-electron chi connectivity index (χ4n) is 4.54. The fraction of sp³-hybridized carbons (Fsp3) is 0.524. The van der Waals surface area contributed by atoms with Crippen molar-refractivity contribution in [2.24, 2.45) is 5.73 Å². The molecule has 0 aliphatic carbocycles. The van der Waals surface area contributed by atoms with Gasteiger partial charge in [0, 0.05) is 25.0 Å². The lowest BCUT2D eigenvalue weighted by atomic mass is 9.97. The van der Waals surface area contributed by atoms with E-state index in [-0.39, 0.29) is 18.0 Å². The molecule has 3 fully saturated rings. The van der Waals surface area contributed by atoms with Gasteiger partial charge in [-0.2, -0.15) is 0 Å². The normalized spacial score (nSPS) is 24.7. The summed E-state index contributed by atoms with van der Waals surface area (Å²) in [4.78, 5) is 44.6. The molecule has 2 atom stereocenters. The number of hydrogen-bond acceptors (Lipinski definition) is 4. The van der Waals surface area contributed by atoms with E-state index in [2.05, 4.69) is 4.90 Å². The lowest BCUT2D eigenvalue weighted by Gasteiger charge is -2.29. The van der Waals surface area contributed by atoms with Crippen LogP contribution in [0, 0.1) is 6.42 Å². The van der Waals surface area contributed by atoms with E-state index in [1.54, 1.807) is 29.0 Å². The summed E-state index contributed by atoms with van der Waals surface area (Å²) in [6.45, 7) is 2.99. The molecule has 8 heteroatoms. The summed E-state index contributed by atoms with van der Waals surface area (Å²) in [5.74, 6) is -0.468. The van der Waals surface area contributed by atoms with Crippen molar-refractivity contribution < 1.29 is 14.4 Å². The molecule has 0 saturated carbocycles. The zero-order chi connectivity index (χ0) is 20.5. The van der Waals surface area contributed by atoms with Crippen molar-refractivity contribution in [2.75, 3.05) is 43.0 Å². The maximum Gasteiger partial charge on any atom is 0.325 e. The first-order valence-corrected chi connectivity index (χ1v) is 10.3. The van der Waals surface area contributed by atoms with E-state index in [1.165, 1.54) is 4.90 Å². The van der Waals surface area contributed by atoms with Crippen LogP contribution in [0.2, 0.25) is 0 Å². The monoisotopic (exact) mass is 398 g/mol. The van der Waals surface area contributed by atoms with Crippen LogP contribution < -0.4 is 15.5 Å². The van der Waals surface area contributed by atoms with Gasteiger partial charge in [0.2, 0.25) is 11.8 Å². The predicted octanol–water partition coefficient (Wildman–Crippen LogP) is 1.21. The smallest absolute Gasteiger partial charge is 0.325 e. The van der Waals surface area contributed by atoms with Gasteiger partial charge in [0.05, 0.1) is 12.6 Å². The third-order valence-electron chi connectivity index (χ3n) is 6.16. The van der Waals surface area contributed by atoms with Gasteiger partial charge in [-0.1, -0.05) is 0 Å². The second kappa shape index (κ2) is 8.02. The number of urea groups is 1. The number of carbonyl (C=O) groups excluding carboxylic acids is 3. The minimum Gasteiger partial charge on any atom is -0.368 e. The minimum atomic E-state index is -0.705. The Morgan fingerprint density at radius 1 is 1.10 bits per heavy atom. The number of nitrogens with two attached hydrogens (primary N) is 1. The van der Waals surface area contributed by atoms with Crippen molar-refractivity contribution in [1.82, 2.24) is 9.80 Å². The number of anilines is 2. The average Bonchev–Trinajstić information content (AvgIpc) is 3.34. The Hall–Kier alpha value is -2.61. The van der Waals surface area contributed by atoms with Crippen LogP contribution in [0.25, 0.3) is 0 Å². The Balaban J connectivity index is 1.51. The summed E-state index contributed by atoms with van der Waals surface area (Å²) in [5.41, 5.74) is 7.02. The Morgan fingerprint density at radius 3 is 2.45 bits per heavy atom. The van der Waals surface area contributed by atoms with Crippen molar-refractivity contribution in [3.05, 3.63) is 30.7 Å². The molecule has 3 aliphatic rings. The zero-order valence-electron chi connectivity index (χ0n) is 16.8. The Kier molecular flexibility index (Phi) is 5.45. The molecule has 1 aromatic carbocycles. The van der Waals surface area contributed by atoms with Gasteiger partial charge < -0.3 is 15.5 Å². The third kappa shape index (κ3) is 3.69. The van der Waals surface area contributed by atoms with Crippen LogP contribution in [0.5, 0.6) is 0 Å². The molecule has 1 radical (unpaired) electrons. The molecule has 4 amide bonds. The van der Waals surface area contributed by atoms with Crippen LogP contribution in [-0.2, 0) is 9.59 Å². The molecule has 3 saturated heterocycles. The molecular formula is C21H28N5O3. The SMILES string of the molecule is CN(C(=O)CN1CCCC1)c1ccc(N2C(=O)N3CCC[CH][C@@H]3C2C(N)=O)cc1. The molecule has 3 heterocycles. The van der Waals surface area contributed by atoms with Gasteiger partial charge in [0.1, 0.15) is 6.04 Å². The molecule has 0 spiro atoms. The Morgan fingerprint density at radius 2 is 1.79 bits per heavy atom. The summed E-state index contributed by atoms with van der Waals surface area (Å²) in [6, 6.07) is 6.00. The Bertz CT molecular complexity index is 790. The van der Waals surface area contributed by atoms with E-state index < -0.39 is 11.9 Å². The number of nitrogens with zero attached hydrogens (tertiary/aromatic N) is 4. The molecule has 2 N–H and O–H groups in total. The molecule has 8 nitrogen and oxygen atoms in total. The van der Waals surface area contributed by atoms with Gasteiger partial charge in [-0.25, -0.2) is 4.79 Å². The van der Waals surface area contributed by atoms with Crippen molar-refractivity contribution in [2.45, 2.75) is 37.8 Å². The number of piperidine rings is 1. The minimum absolute atomic E-state index is 0.0404. The molecule has 1 unspecified atom stereocenters. The summed E-state index contributed by atoms with van der Waals surface area (Å²) in [6.07, 6.45) is 6.06. The van der Waals surface area contributed by atoms with Gasteiger partial charge in [-0.15, -0.1) is 0 Å². The molecule has 1 aromatic rings. The highest BCUT2D eigenvalue weighted by Gasteiger charge is 2.50. The summed E-state index contributed by atoms with van der Waals surface area (Å²) < 4.78 is 0. The summed E-state index contributed by atoms with van der Waals surface area (Å²) in [5, 5.41) is 0. The first kappa shape index (κ1) is 19.7. The summed E-state index contributed by atoms with van der Waals surface area (Å²) >= 11 is 0. The van der Waals surface area contributed by atoms with Gasteiger partial charge in [0.25, 0.3) is 0 Å². The molecule has 0 aromatic heterocycles. The van der Waals surface area contributed by atoms with E-state index in [0.29, 0.717) is 18.8 Å². The van der Waals surface area contributed by atoms with Crippen LogP contribution in [0.3, 0.4) is 0 Å². The van der Waals surface area contributed by atoms with E-state index in [9.17, 15) is 14.4 Å². The highest BCUT2D eigenvalue weighted by Crippen LogP contribution is 2.34. The molecule has 29 heavy (non-hydrogen) atoms. The molecule has 4 rings (SSSR count). The second-order valence-electron chi connectivity index (χ2n) is 8.01. The lowest BCUT2D eigenvalue weighted by molar-refractivity contribution is -0.120. The predicted molar refractivity (Wildman–Crippen MR) is 110 cm³/mol. The third-order valence-corrected chi connectivity index (χ3v) is 6.16. The number of likely N-dealkylation sites (N-methyl/N-ethyl adjacent to an activating group) is 1. The molecule has 155 valence electrons. The van der Waals surface area contributed by atoms with Crippen molar-refractivity contribution in [1.29, 1.82) is 0 Å². The largest absolute Gasteiger partial charge is 0.368 e. The van der Waals surface area contributed by atoms with E-state index >= 15 is 0 Å². The topological polar surface area (TPSA) is 90.2 Å². The van der Waals surface area contributed by atoms with Crippen LogP contribution in [0.4, 0.5) is 16.2 Å². The van der Waals surface area contributed by atoms with Crippen LogP contribution >= 0.6 is 0 Å². The van der Waals surface area contributed by atoms with Crippen LogP contribution in [-0.4, -0.2) is 73.0 Å². The van der Waals surface area contributed by atoms with Gasteiger partial charge in [-0.05, 0) is 69.5 Å². The molecule has 3 aliphatic heterocycles. The van der Waals surface area contributed by atoms with Gasteiger partial charge >= 0.3 is 6.03 Å². The van der Waals surface area contributed by atoms with E-state index in [1.807, 2.05) is 18.6 Å². The number of fused-ring (bicyclic) bond motifs is 1. The van der Waals surface area contributed by atoms with Gasteiger partial charge in [0.15, 0.2) is 0 Å². The van der Waals surface area contributed by atoms with Crippen molar-refractivity contribution in [3.63, 3.8) is 0 Å². The number of hydrogen-bond donors (Lipinski definition) is 1. The van der Waals surface area contributed by atoms with Gasteiger partial charge in [-0.3, -0.25) is 19.4 Å². The summed E-state index contributed by atoms with van der Waals surface area (Å²) in [7, 11) is 1.76.